The van der Waals surface area contributed by atoms with E-state index in [0.29, 0.717) is 48.7 Å². The molecule has 2 aromatic rings. The summed E-state index contributed by atoms with van der Waals surface area (Å²) in [7, 11) is 0. The van der Waals surface area contributed by atoms with Gasteiger partial charge in [-0.15, -0.1) is 0 Å². The molecule has 0 fully saturated rings. The van der Waals surface area contributed by atoms with E-state index < -0.39 is 17.2 Å². The summed E-state index contributed by atoms with van der Waals surface area (Å²) in [6.07, 6.45) is 0.573. The second-order valence-electron chi connectivity index (χ2n) is 8.16. The first-order valence-corrected chi connectivity index (χ1v) is 11.3. The van der Waals surface area contributed by atoms with Crippen LogP contribution in [0.4, 0.5) is 0 Å². The number of carbonyl (C=O) groups is 1. The van der Waals surface area contributed by atoms with Crippen LogP contribution < -0.4 is 11.2 Å². The Balaban J connectivity index is 1.72. The first-order chi connectivity index (χ1) is 16.3. The van der Waals surface area contributed by atoms with Crippen molar-refractivity contribution >= 4 is 28.6 Å². The molecule has 0 atom stereocenters. The molecule has 0 aliphatic carbocycles. The van der Waals surface area contributed by atoms with Crippen molar-refractivity contribution in [3.05, 3.63) is 79.5 Å². The van der Waals surface area contributed by atoms with Gasteiger partial charge in [-0.05, 0) is 43.1 Å². The van der Waals surface area contributed by atoms with Crippen LogP contribution >= 0.6 is 11.6 Å². The van der Waals surface area contributed by atoms with Crippen molar-refractivity contribution in [3.63, 3.8) is 0 Å². The number of halogens is 1. The van der Waals surface area contributed by atoms with Crippen molar-refractivity contribution in [2.24, 2.45) is 0 Å². The van der Waals surface area contributed by atoms with Gasteiger partial charge in [0.2, 0.25) is 0 Å². The Morgan fingerprint density at radius 1 is 1.15 bits per heavy atom. The predicted molar refractivity (Wildman–Crippen MR) is 129 cm³/mol. The van der Waals surface area contributed by atoms with E-state index in [1.165, 1.54) is 0 Å². The highest BCUT2D eigenvalue weighted by molar-refractivity contribution is 6.32. The average molecular weight is 482 g/mol. The molecule has 10 heteroatoms. The Hall–Kier alpha value is -3.56. The molecule has 9 nitrogen and oxygen atoms in total. The minimum absolute atomic E-state index is 0.0743. The van der Waals surface area contributed by atoms with E-state index in [1.54, 1.807) is 16.7 Å². The van der Waals surface area contributed by atoms with Gasteiger partial charge >= 0.3 is 11.7 Å². The minimum atomic E-state index is -0.837. The first-order valence-electron chi connectivity index (χ1n) is 10.9. The average Bonchev–Trinajstić information content (AvgIpc) is 2.78. The molecule has 0 saturated heterocycles. The highest BCUT2D eigenvalue weighted by Gasteiger charge is 2.20. The molecule has 0 saturated carbocycles. The van der Waals surface area contributed by atoms with Crippen LogP contribution in [-0.2, 0) is 17.9 Å². The van der Waals surface area contributed by atoms with Gasteiger partial charge in [0.05, 0.1) is 11.0 Å². The van der Waals surface area contributed by atoms with Crippen LogP contribution in [-0.4, -0.2) is 48.6 Å². The third kappa shape index (κ3) is 5.32. The molecule has 0 unspecified atom stereocenters. The smallest absolute Gasteiger partial charge is 0.349 e. The standard InChI is InChI=1S/C24H24ClN5O4/c1-15-12-18-19(13-17(15)25)30(22-21(26-18)23(33)28-24(34)27-22)11-10-29(9-5-8-20(31)32)14-16-6-3-2-4-7-16/h2-4,6-7,12-13H,5,8-11,14H2,1H3,(H,31,32)(H,28,33,34). The Morgan fingerprint density at radius 2 is 1.91 bits per heavy atom. The van der Waals surface area contributed by atoms with Gasteiger partial charge in [-0.2, -0.15) is 4.98 Å². The SMILES string of the molecule is Cc1cc2nc3c(=O)[nH]c(=O)nc-3n(CCN(CCCC(=O)O)Cc3ccccc3)c2cc1Cl. The van der Waals surface area contributed by atoms with Crippen LogP contribution in [0.5, 0.6) is 0 Å². The number of benzene rings is 2. The number of aromatic nitrogens is 4. The lowest BCUT2D eigenvalue weighted by Crippen LogP contribution is -2.32. The van der Waals surface area contributed by atoms with Crippen LogP contribution in [0.15, 0.2) is 52.1 Å². The number of aryl methyl sites for hydroxylation is 1. The van der Waals surface area contributed by atoms with E-state index in [0.717, 1.165) is 11.1 Å². The fourth-order valence-electron chi connectivity index (χ4n) is 3.95. The highest BCUT2D eigenvalue weighted by Crippen LogP contribution is 2.26. The van der Waals surface area contributed by atoms with E-state index in [9.17, 15) is 14.4 Å². The summed E-state index contributed by atoms with van der Waals surface area (Å²) in [5.74, 6) is -0.650. The summed E-state index contributed by atoms with van der Waals surface area (Å²) in [5, 5.41) is 9.59. The lowest BCUT2D eigenvalue weighted by molar-refractivity contribution is -0.137. The van der Waals surface area contributed by atoms with Gasteiger partial charge in [0.15, 0.2) is 11.5 Å². The van der Waals surface area contributed by atoms with Crippen LogP contribution in [0.25, 0.3) is 22.6 Å². The Bertz CT molecular complexity index is 1420. The van der Waals surface area contributed by atoms with E-state index in [1.807, 2.05) is 37.3 Å². The van der Waals surface area contributed by atoms with Gasteiger partial charge in [-0.1, -0.05) is 41.9 Å². The lowest BCUT2D eigenvalue weighted by atomic mass is 10.2. The largest absolute Gasteiger partial charge is 0.481 e. The molecule has 2 aromatic carbocycles. The molecule has 0 aromatic heterocycles. The van der Waals surface area contributed by atoms with Crippen LogP contribution in [0.2, 0.25) is 5.02 Å². The zero-order valence-corrected chi connectivity index (χ0v) is 19.4. The van der Waals surface area contributed by atoms with Crippen LogP contribution in [0, 0.1) is 6.92 Å². The molecule has 2 aliphatic heterocycles. The molecule has 176 valence electrons. The van der Waals surface area contributed by atoms with E-state index in [4.69, 9.17) is 16.7 Å². The molecule has 2 heterocycles. The van der Waals surface area contributed by atoms with Gasteiger partial charge in [0.1, 0.15) is 0 Å². The number of nitrogens with one attached hydrogen (secondary N) is 1. The van der Waals surface area contributed by atoms with Crippen molar-refractivity contribution < 1.29 is 9.90 Å². The van der Waals surface area contributed by atoms with Crippen molar-refractivity contribution in [2.75, 3.05) is 13.1 Å². The molecular weight excluding hydrogens is 458 g/mol. The minimum Gasteiger partial charge on any atom is -0.481 e. The summed E-state index contributed by atoms with van der Waals surface area (Å²) < 4.78 is 1.79. The monoisotopic (exact) mass is 481 g/mol. The molecule has 4 rings (SSSR count). The van der Waals surface area contributed by atoms with Crippen molar-refractivity contribution in [3.8, 4) is 11.5 Å². The van der Waals surface area contributed by atoms with Gasteiger partial charge in [0.25, 0.3) is 5.56 Å². The maximum absolute atomic E-state index is 12.5. The topological polar surface area (TPSA) is 121 Å². The van der Waals surface area contributed by atoms with Gasteiger partial charge in [-0.25, -0.2) is 9.78 Å². The molecular formula is C24H24ClN5O4. The number of aliphatic carboxylic acids is 1. The molecule has 34 heavy (non-hydrogen) atoms. The summed E-state index contributed by atoms with van der Waals surface area (Å²) in [5.41, 5.74) is 1.88. The lowest BCUT2D eigenvalue weighted by Gasteiger charge is -2.24. The number of nitrogens with zero attached hydrogens (tertiary/aromatic N) is 4. The second-order valence-corrected chi connectivity index (χ2v) is 8.56. The molecule has 0 spiro atoms. The highest BCUT2D eigenvalue weighted by atomic mass is 35.5. The molecule has 0 bridgehead atoms. The number of H-pyrrole nitrogens is 1. The second kappa shape index (κ2) is 10.1. The maximum atomic E-state index is 12.5. The quantitative estimate of drug-likeness (QED) is 0.352. The Kier molecular flexibility index (Phi) is 7.04. The number of hydrogen-bond acceptors (Lipinski definition) is 6. The third-order valence-corrected chi connectivity index (χ3v) is 6.05. The number of hydrogen-bond donors (Lipinski definition) is 2. The van der Waals surface area contributed by atoms with Gasteiger partial charge in [-0.3, -0.25) is 19.5 Å². The van der Waals surface area contributed by atoms with Gasteiger partial charge < -0.3 is 9.67 Å². The summed E-state index contributed by atoms with van der Waals surface area (Å²) in [6.45, 7) is 3.98. The third-order valence-electron chi connectivity index (χ3n) is 5.64. The zero-order chi connectivity index (χ0) is 24.2. The Labute approximate surface area is 200 Å². The number of aromatic amines is 1. The molecule has 0 amide bonds. The van der Waals surface area contributed by atoms with Gasteiger partial charge in [0, 0.05) is 31.1 Å². The van der Waals surface area contributed by atoms with Crippen molar-refractivity contribution in [2.45, 2.75) is 32.9 Å². The fourth-order valence-corrected chi connectivity index (χ4v) is 4.11. The van der Waals surface area contributed by atoms with E-state index in [2.05, 4.69) is 19.9 Å². The maximum Gasteiger partial charge on any atom is 0.349 e. The van der Waals surface area contributed by atoms with E-state index in [-0.39, 0.29) is 17.9 Å². The predicted octanol–water partition coefficient (Wildman–Crippen LogP) is 2.91. The number of carboxylic acid groups (broad SMARTS) is 1. The van der Waals surface area contributed by atoms with Crippen LogP contribution in [0.1, 0.15) is 24.0 Å². The molecule has 2 N–H and O–H groups in total. The summed E-state index contributed by atoms with van der Waals surface area (Å²) >= 11 is 6.38. The Morgan fingerprint density at radius 3 is 2.65 bits per heavy atom. The fraction of sp³-hybridized carbons (Fsp3) is 0.292. The number of carboxylic acids is 1. The first kappa shape index (κ1) is 23.6. The molecule has 0 radical (unpaired) electrons. The molecule has 2 aliphatic rings. The van der Waals surface area contributed by atoms with Crippen molar-refractivity contribution in [1.82, 2.24) is 24.4 Å². The normalized spacial score (nSPS) is 11.5. The van der Waals surface area contributed by atoms with Crippen LogP contribution in [0.3, 0.4) is 0 Å². The number of rotatable bonds is 9. The van der Waals surface area contributed by atoms with E-state index >= 15 is 0 Å². The summed E-state index contributed by atoms with van der Waals surface area (Å²) in [6, 6.07) is 13.5. The summed E-state index contributed by atoms with van der Waals surface area (Å²) in [4.78, 5) is 48.3. The zero-order valence-electron chi connectivity index (χ0n) is 18.6. The number of fused-ring (bicyclic) bond motifs is 2. The van der Waals surface area contributed by atoms with Crippen molar-refractivity contribution in [1.29, 1.82) is 0 Å².